The molecule has 0 aliphatic rings. The highest BCUT2D eigenvalue weighted by atomic mass is 16.2. The Balaban J connectivity index is 1.96. The molecule has 0 aliphatic carbocycles. The number of aromatic nitrogens is 2. The Morgan fingerprint density at radius 3 is 2.46 bits per heavy atom. The third-order valence-corrected chi connectivity index (χ3v) is 3.35. The quantitative estimate of drug-likeness (QED) is 0.356. The topological polar surface area (TPSA) is 122 Å². The van der Waals surface area contributed by atoms with Crippen LogP contribution in [0.1, 0.15) is 23.7 Å². The van der Waals surface area contributed by atoms with E-state index in [0.29, 0.717) is 18.8 Å². The third-order valence-electron chi connectivity index (χ3n) is 3.35. The highest BCUT2D eigenvalue weighted by molar-refractivity contribution is 5.87. The maximum absolute atomic E-state index is 11.2. The van der Waals surface area contributed by atoms with Gasteiger partial charge in [0, 0.05) is 13.5 Å². The lowest BCUT2D eigenvalue weighted by atomic mass is 10.0. The van der Waals surface area contributed by atoms with Gasteiger partial charge in [-0.15, -0.1) is 0 Å². The van der Waals surface area contributed by atoms with Crippen LogP contribution in [-0.2, 0) is 24.2 Å². The lowest BCUT2D eigenvalue weighted by Gasteiger charge is -2.10. The molecule has 1 aromatic carbocycles. The van der Waals surface area contributed by atoms with Gasteiger partial charge in [0.1, 0.15) is 0 Å². The van der Waals surface area contributed by atoms with E-state index in [-0.39, 0.29) is 5.91 Å². The molecule has 2 rings (SSSR count). The third kappa shape index (κ3) is 5.33. The van der Waals surface area contributed by atoms with Gasteiger partial charge in [0.15, 0.2) is 5.82 Å². The second kappa shape index (κ2) is 8.59. The van der Waals surface area contributed by atoms with Crippen LogP contribution >= 0.6 is 0 Å². The van der Waals surface area contributed by atoms with E-state index in [1.54, 1.807) is 6.20 Å². The van der Waals surface area contributed by atoms with Gasteiger partial charge in [-0.25, -0.2) is 15.6 Å². The molecular formula is C16H20N6O2. The van der Waals surface area contributed by atoms with Crippen molar-refractivity contribution in [2.45, 2.75) is 26.3 Å². The van der Waals surface area contributed by atoms with Crippen LogP contribution < -0.4 is 21.9 Å². The van der Waals surface area contributed by atoms with Gasteiger partial charge in [-0.05, 0) is 24.0 Å². The Morgan fingerprint density at radius 1 is 1.08 bits per heavy atom. The molecule has 1 heterocycles. The number of carbonyl (C=O) groups excluding carboxylic acids is 2. The summed E-state index contributed by atoms with van der Waals surface area (Å²) in [7, 11) is 0. The summed E-state index contributed by atoms with van der Waals surface area (Å²) < 4.78 is 0. The molecule has 0 aliphatic heterocycles. The largest absolute Gasteiger partial charge is 0.333 e. The zero-order chi connectivity index (χ0) is 17.4. The molecule has 0 fully saturated rings. The van der Waals surface area contributed by atoms with E-state index >= 15 is 0 Å². The van der Waals surface area contributed by atoms with Gasteiger partial charge in [-0.2, -0.15) is 0 Å². The zero-order valence-electron chi connectivity index (χ0n) is 13.4. The van der Waals surface area contributed by atoms with Crippen LogP contribution in [0.25, 0.3) is 0 Å². The number of nitrogens with two attached hydrogens (primary N) is 1. The van der Waals surface area contributed by atoms with Crippen molar-refractivity contribution >= 4 is 17.8 Å². The number of hydrogen-bond acceptors (Lipinski definition) is 5. The maximum Gasteiger partial charge on any atom is 0.329 e. The minimum atomic E-state index is -0.427. The van der Waals surface area contributed by atoms with Gasteiger partial charge >= 0.3 is 6.03 Å². The number of nitrogens with one attached hydrogen (secondary N) is 3. The predicted octanol–water partition coefficient (Wildman–Crippen LogP) is 0.893. The SMILES string of the molecule is CC(=O)Nc1cnc(CCc2ccccc2CNC(=O)NN)cn1. The fourth-order valence-electron chi connectivity index (χ4n) is 2.19. The summed E-state index contributed by atoms with van der Waals surface area (Å²) in [5.41, 5.74) is 4.99. The number of amides is 3. The summed E-state index contributed by atoms with van der Waals surface area (Å²) >= 11 is 0. The molecule has 2 aromatic rings. The fourth-order valence-corrected chi connectivity index (χ4v) is 2.19. The van der Waals surface area contributed by atoms with E-state index < -0.39 is 6.03 Å². The van der Waals surface area contributed by atoms with Gasteiger partial charge in [-0.1, -0.05) is 24.3 Å². The number of anilines is 1. The molecule has 0 saturated heterocycles. The normalized spacial score (nSPS) is 10.1. The minimum absolute atomic E-state index is 0.181. The minimum Gasteiger partial charge on any atom is -0.333 e. The van der Waals surface area contributed by atoms with E-state index in [4.69, 9.17) is 5.84 Å². The number of benzene rings is 1. The van der Waals surface area contributed by atoms with Gasteiger partial charge < -0.3 is 10.6 Å². The number of urea groups is 1. The molecule has 1 aromatic heterocycles. The molecule has 8 nitrogen and oxygen atoms in total. The second-order valence-corrected chi connectivity index (χ2v) is 5.17. The molecule has 0 unspecified atom stereocenters. The monoisotopic (exact) mass is 328 g/mol. The average molecular weight is 328 g/mol. The molecule has 0 spiro atoms. The number of hydrogen-bond donors (Lipinski definition) is 4. The highest BCUT2D eigenvalue weighted by Gasteiger charge is 2.05. The Labute approximate surface area is 139 Å². The van der Waals surface area contributed by atoms with Crippen molar-refractivity contribution in [3.8, 4) is 0 Å². The molecule has 0 atom stereocenters. The standard InChI is InChI=1S/C16H20N6O2/c1-11(23)21-15-10-18-14(9-19-15)7-6-12-4-2-3-5-13(12)8-20-16(24)22-17/h2-5,9-10H,6-8,17H2,1H3,(H,19,21,23)(H2,20,22,24). The van der Waals surface area contributed by atoms with Crippen molar-refractivity contribution in [3.05, 3.63) is 53.5 Å². The summed E-state index contributed by atoms with van der Waals surface area (Å²) in [4.78, 5) is 30.6. The van der Waals surface area contributed by atoms with Crippen molar-refractivity contribution in [2.75, 3.05) is 5.32 Å². The zero-order valence-corrected chi connectivity index (χ0v) is 13.4. The van der Waals surface area contributed by atoms with Crippen LogP contribution in [0.5, 0.6) is 0 Å². The molecule has 8 heteroatoms. The Hall–Kier alpha value is -3.00. The lowest BCUT2D eigenvalue weighted by molar-refractivity contribution is -0.114. The molecule has 3 amide bonds. The number of carbonyl (C=O) groups is 2. The molecule has 0 bridgehead atoms. The summed E-state index contributed by atoms with van der Waals surface area (Å²) in [6.07, 6.45) is 4.65. The first-order valence-electron chi connectivity index (χ1n) is 7.48. The Kier molecular flexibility index (Phi) is 6.21. The summed E-state index contributed by atoms with van der Waals surface area (Å²) in [6.45, 7) is 1.82. The summed E-state index contributed by atoms with van der Waals surface area (Å²) in [5.74, 6) is 5.30. The van der Waals surface area contributed by atoms with Crippen molar-refractivity contribution in [3.63, 3.8) is 0 Å². The van der Waals surface area contributed by atoms with Gasteiger partial charge in [-0.3, -0.25) is 15.2 Å². The first kappa shape index (κ1) is 17.4. The molecular weight excluding hydrogens is 308 g/mol. The van der Waals surface area contributed by atoms with Crippen molar-refractivity contribution in [1.29, 1.82) is 0 Å². The second-order valence-electron chi connectivity index (χ2n) is 5.17. The first-order chi connectivity index (χ1) is 11.6. The predicted molar refractivity (Wildman–Crippen MR) is 89.7 cm³/mol. The Bertz CT molecular complexity index is 702. The van der Waals surface area contributed by atoms with Gasteiger partial charge in [0.2, 0.25) is 5.91 Å². The van der Waals surface area contributed by atoms with Gasteiger partial charge in [0.25, 0.3) is 0 Å². The van der Waals surface area contributed by atoms with Crippen molar-refractivity contribution in [1.82, 2.24) is 20.7 Å². The molecule has 126 valence electrons. The van der Waals surface area contributed by atoms with E-state index in [0.717, 1.165) is 23.2 Å². The van der Waals surface area contributed by atoms with E-state index in [2.05, 4.69) is 20.6 Å². The lowest BCUT2D eigenvalue weighted by Crippen LogP contribution is -2.39. The number of rotatable bonds is 6. The number of hydrazine groups is 1. The van der Waals surface area contributed by atoms with Crippen LogP contribution in [0.15, 0.2) is 36.7 Å². The van der Waals surface area contributed by atoms with Crippen LogP contribution in [0.3, 0.4) is 0 Å². The average Bonchev–Trinajstić information content (AvgIpc) is 2.59. The van der Waals surface area contributed by atoms with Crippen molar-refractivity contribution < 1.29 is 9.59 Å². The van der Waals surface area contributed by atoms with Crippen LogP contribution in [0, 0.1) is 0 Å². The molecule has 5 N–H and O–H groups in total. The smallest absolute Gasteiger partial charge is 0.329 e. The first-order valence-corrected chi connectivity index (χ1v) is 7.48. The van der Waals surface area contributed by atoms with E-state index in [1.807, 2.05) is 29.7 Å². The number of nitrogens with zero attached hydrogens (tertiary/aromatic N) is 2. The van der Waals surface area contributed by atoms with E-state index in [9.17, 15) is 9.59 Å². The highest BCUT2D eigenvalue weighted by Crippen LogP contribution is 2.12. The fraction of sp³-hybridized carbons (Fsp3) is 0.250. The molecule has 0 saturated carbocycles. The van der Waals surface area contributed by atoms with E-state index in [1.165, 1.54) is 13.1 Å². The molecule has 0 radical (unpaired) electrons. The number of aryl methyl sites for hydroxylation is 2. The van der Waals surface area contributed by atoms with Crippen molar-refractivity contribution in [2.24, 2.45) is 5.84 Å². The summed E-state index contributed by atoms with van der Waals surface area (Å²) in [6, 6.07) is 7.41. The Morgan fingerprint density at radius 2 is 1.83 bits per heavy atom. The maximum atomic E-state index is 11.2. The van der Waals surface area contributed by atoms with Crippen LogP contribution in [0.2, 0.25) is 0 Å². The molecule has 24 heavy (non-hydrogen) atoms. The summed E-state index contributed by atoms with van der Waals surface area (Å²) in [5, 5.41) is 5.25. The van der Waals surface area contributed by atoms with Crippen LogP contribution in [-0.4, -0.2) is 21.9 Å². The van der Waals surface area contributed by atoms with Crippen LogP contribution in [0.4, 0.5) is 10.6 Å². The van der Waals surface area contributed by atoms with Gasteiger partial charge in [0.05, 0.1) is 18.1 Å².